The molecule has 3 atom stereocenters. The van der Waals surface area contributed by atoms with Gasteiger partial charge in [0.05, 0.1) is 19.3 Å². The van der Waals surface area contributed by atoms with Crippen molar-refractivity contribution in [1.82, 2.24) is 5.32 Å². The third kappa shape index (κ3) is 7.52. The maximum Gasteiger partial charge on any atom is 0.272 e. The molecule has 1 amide bonds. The summed E-state index contributed by atoms with van der Waals surface area (Å²) in [5.41, 5.74) is 0.983. The number of benzene rings is 1. The highest BCUT2D eigenvalue weighted by Gasteiger charge is 2.39. The lowest BCUT2D eigenvalue weighted by Crippen LogP contribution is -2.52. The second-order valence-electron chi connectivity index (χ2n) is 8.79. The van der Waals surface area contributed by atoms with Crippen molar-refractivity contribution in [3.05, 3.63) is 48.0 Å². The minimum Gasteiger partial charge on any atom is -0.414 e. The number of ether oxygens (including phenoxy) is 2. The maximum absolute atomic E-state index is 12.1. The van der Waals surface area contributed by atoms with Crippen LogP contribution in [0.2, 0.25) is 18.1 Å². The summed E-state index contributed by atoms with van der Waals surface area (Å²) in [5.74, 6) is -0.741. The smallest absolute Gasteiger partial charge is 0.272 e. The van der Waals surface area contributed by atoms with E-state index in [2.05, 4.69) is 39.2 Å². The number of alkyl halides is 3. The molecule has 168 valence electrons. The van der Waals surface area contributed by atoms with Crippen molar-refractivity contribution in [3.8, 4) is 0 Å². The first-order valence-electron chi connectivity index (χ1n) is 9.80. The van der Waals surface area contributed by atoms with Gasteiger partial charge in [-0.05, 0) is 23.7 Å². The van der Waals surface area contributed by atoms with Crippen LogP contribution in [0.4, 0.5) is 0 Å². The molecule has 2 rings (SSSR count). The van der Waals surface area contributed by atoms with Gasteiger partial charge in [-0.25, -0.2) is 0 Å². The first kappa shape index (κ1) is 25.7. The SMILES string of the molecule is CC(C)(C)[Si](C)(C)OC[C@@H]1C=C[C@H](NC(=O)C(Cl)(Cl)Cl)[C@@H](OCc2ccccc2)O1. The summed E-state index contributed by atoms with van der Waals surface area (Å²) in [6.45, 7) is 11.7. The van der Waals surface area contributed by atoms with E-state index >= 15 is 0 Å². The topological polar surface area (TPSA) is 56.8 Å². The van der Waals surface area contributed by atoms with Gasteiger partial charge in [0.15, 0.2) is 14.6 Å². The number of rotatable bonds is 7. The normalized spacial score (nSPS) is 22.7. The number of halogens is 3. The molecule has 1 aliphatic heterocycles. The van der Waals surface area contributed by atoms with E-state index in [0.29, 0.717) is 13.2 Å². The molecule has 0 aromatic heterocycles. The van der Waals surface area contributed by atoms with E-state index in [1.54, 1.807) is 6.08 Å². The van der Waals surface area contributed by atoms with Crippen molar-refractivity contribution in [2.24, 2.45) is 0 Å². The summed E-state index contributed by atoms with van der Waals surface area (Å²) >= 11 is 17.1. The molecule has 1 aromatic carbocycles. The van der Waals surface area contributed by atoms with E-state index in [1.807, 2.05) is 36.4 Å². The number of amides is 1. The number of hydrogen-bond acceptors (Lipinski definition) is 4. The quantitative estimate of drug-likeness (QED) is 0.315. The van der Waals surface area contributed by atoms with E-state index in [9.17, 15) is 4.79 Å². The molecule has 1 N–H and O–H groups in total. The summed E-state index contributed by atoms with van der Waals surface area (Å²) in [7, 11) is -1.93. The zero-order chi connectivity index (χ0) is 22.6. The fourth-order valence-corrected chi connectivity index (χ4v) is 3.66. The van der Waals surface area contributed by atoms with Crippen LogP contribution in [-0.4, -0.2) is 43.1 Å². The third-order valence-corrected chi connectivity index (χ3v) is 10.4. The Balaban J connectivity index is 2.07. The second-order valence-corrected chi connectivity index (χ2v) is 15.9. The predicted octanol–water partition coefficient (Wildman–Crippen LogP) is 5.36. The molecule has 0 saturated heterocycles. The van der Waals surface area contributed by atoms with Gasteiger partial charge in [-0.15, -0.1) is 0 Å². The predicted molar refractivity (Wildman–Crippen MR) is 124 cm³/mol. The average molecular weight is 495 g/mol. The number of hydrogen-bond donors (Lipinski definition) is 1. The van der Waals surface area contributed by atoms with Crippen molar-refractivity contribution >= 4 is 49.0 Å². The van der Waals surface area contributed by atoms with Crippen LogP contribution < -0.4 is 5.32 Å². The summed E-state index contributed by atoms with van der Waals surface area (Å²) in [5, 5.41) is 2.75. The lowest BCUT2D eigenvalue weighted by atomic mass is 10.1. The Morgan fingerprint density at radius 3 is 2.33 bits per heavy atom. The summed E-state index contributed by atoms with van der Waals surface area (Å²) < 4.78 is 16.3. The third-order valence-electron chi connectivity index (χ3n) is 5.36. The highest BCUT2D eigenvalue weighted by atomic mass is 35.6. The molecule has 0 radical (unpaired) electrons. The number of carbonyl (C=O) groups is 1. The highest BCUT2D eigenvalue weighted by Crippen LogP contribution is 2.37. The molecule has 0 aliphatic carbocycles. The molecule has 30 heavy (non-hydrogen) atoms. The van der Waals surface area contributed by atoms with Gasteiger partial charge in [0.2, 0.25) is 0 Å². The van der Waals surface area contributed by atoms with Crippen molar-refractivity contribution < 1.29 is 18.7 Å². The average Bonchev–Trinajstić information content (AvgIpc) is 2.65. The van der Waals surface area contributed by atoms with E-state index in [-0.39, 0.29) is 11.1 Å². The van der Waals surface area contributed by atoms with Crippen LogP contribution in [0.15, 0.2) is 42.5 Å². The Morgan fingerprint density at radius 1 is 1.13 bits per heavy atom. The summed E-state index contributed by atoms with van der Waals surface area (Å²) in [6, 6.07) is 9.09. The Labute approximate surface area is 195 Å². The molecule has 0 saturated carbocycles. The van der Waals surface area contributed by atoms with Gasteiger partial charge in [-0.2, -0.15) is 0 Å². The number of carbonyl (C=O) groups excluding carboxylic acids is 1. The van der Waals surface area contributed by atoms with Crippen LogP contribution in [0, 0.1) is 0 Å². The van der Waals surface area contributed by atoms with Gasteiger partial charge >= 0.3 is 0 Å². The zero-order valence-corrected chi connectivity index (χ0v) is 21.2. The molecule has 1 aliphatic rings. The van der Waals surface area contributed by atoms with E-state index in [1.165, 1.54) is 0 Å². The standard InChI is InChI=1S/C21H30Cl3NO4Si/c1-20(2,3)30(4,5)28-14-16-11-12-17(25-19(26)21(22,23)24)18(29-16)27-13-15-9-7-6-8-10-15/h6-12,16-18H,13-14H2,1-5H3,(H,25,26)/t16-,17-,18-/m0/s1. The van der Waals surface area contributed by atoms with E-state index in [4.69, 9.17) is 48.7 Å². The molecule has 9 heteroatoms. The van der Waals surface area contributed by atoms with Crippen molar-refractivity contribution in [3.63, 3.8) is 0 Å². The molecule has 0 bridgehead atoms. The van der Waals surface area contributed by atoms with Gasteiger partial charge in [0.1, 0.15) is 6.10 Å². The Morgan fingerprint density at radius 2 is 1.77 bits per heavy atom. The van der Waals surface area contributed by atoms with Gasteiger partial charge in [0, 0.05) is 0 Å². The van der Waals surface area contributed by atoms with Crippen LogP contribution in [0.25, 0.3) is 0 Å². The summed E-state index contributed by atoms with van der Waals surface area (Å²) in [4.78, 5) is 12.1. The van der Waals surface area contributed by atoms with Crippen molar-refractivity contribution in [2.75, 3.05) is 6.61 Å². The Hall–Kier alpha value is -0.603. The largest absolute Gasteiger partial charge is 0.414 e. The zero-order valence-electron chi connectivity index (χ0n) is 18.0. The minimum absolute atomic E-state index is 0.0927. The first-order valence-corrected chi connectivity index (χ1v) is 13.8. The fourth-order valence-electron chi connectivity index (χ4n) is 2.48. The lowest BCUT2D eigenvalue weighted by Gasteiger charge is -2.38. The van der Waals surface area contributed by atoms with Crippen LogP contribution >= 0.6 is 34.8 Å². The van der Waals surface area contributed by atoms with Gasteiger partial charge in [-0.1, -0.05) is 98.1 Å². The molecule has 1 heterocycles. The Bertz CT molecular complexity index is 732. The molecule has 1 aromatic rings. The van der Waals surface area contributed by atoms with E-state index in [0.717, 1.165) is 5.56 Å². The van der Waals surface area contributed by atoms with Gasteiger partial charge < -0.3 is 19.2 Å². The van der Waals surface area contributed by atoms with Gasteiger partial charge in [0.25, 0.3) is 9.70 Å². The molecule has 0 fully saturated rings. The van der Waals surface area contributed by atoms with Crippen LogP contribution in [-0.2, 0) is 25.3 Å². The van der Waals surface area contributed by atoms with Crippen LogP contribution in [0.1, 0.15) is 26.3 Å². The second kappa shape index (κ2) is 10.3. The van der Waals surface area contributed by atoms with E-state index < -0.39 is 30.3 Å². The van der Waals surface area contributed by atoms with Crippen LogP contribution in [0.3, 0.4) is 0 Å². The lowest BCUT2D eigenvalue weighted by molar-refractivity contribution is -0.187. The van der Waals surface area contributed by atoms with Gasteiger partial charge in [-0.3, -0.25) is 4.79 Å². The molecule has 0 unspecified atom stereocenters. The fraction of sp³-hybridized carbons (Fsp3) is 0.571. The molecular weight excluding hydrogens is 465 g/mol. The van der Waals surface area contributed by atoms with Crippen molar-refractivity contribution in [1.29, 1.82) is 0 Å². The summed E-state index contributed by atoms with van der Waals surface area (Å²) in [6.07, 6.45) is 2.59. The first-order chi connectivity index (χ1) is 13.8. The minimum atomic E-state index is -2.07. The Kier molecular flexibility index (Phi) is 8.84. The van der Waals surface area contributed by atoms with Crippen molar-refractivity contribution in [2.45, 2.75) is 67.7 Å². The monoisotopic (exact) mass is 493 g/mol. The molecular formula is C21H30Cl3NO4Si. The maximum atomic E-state index is 12.1. The molecule has 5 nitrogen and oxygen atoms in total. The van der Waals surface area contributed by atoms with Crippen LogP contribution in [0.5, 0.6) is 0 Å². The number of nitrogens with one attached hydrogen (secondary N) is 1. The molecule has 0 spiro atoms. The highest BCUT2D eigenvalue weighted by molar-refractivity contribution is 6.76.